The lowest BCUT2D eigenvalue weighted by Crippen LogP contribution is -2.24. The molecule has 0 N–H and O–H groups in total. The highest BCUT2D eigenvalue weighted by Crippen LogP contribution is 2.24. The van der Waals surface area contributed by atoms with Gasteiger partial charge in [-0.05, 0) is 19.1 Å². The average Bonchev–Trinajstić information content (AvgIpc) is 2.65. The fourth-order valence-corrected chi connectivity index (χ4v) is 2.19. The Labute approximate surface area is 109 Å². The lowest BCUT2D eigenvalue weighted by Gasteiger charge is -2.06. The van der Waals surface area contributed by atoms with Gasteiger partial charge in [-0.1, -0.05) is 29.3 Å². The number of aromatic nitrogens is 2. The third kappa shape index (κ3) is 2.40. The predicted molar refractivity (Wildman–Crippen MR) is 69.9 cm³/mol. The summed E-state index contributed by atoms with van der Waals surface area (Å²) in [7, 11) is 0. The molecule has 0 atom stereocenters. The minimum atomic E-state index is -0.0523. The lowest BCUT2D eigenvalue weighted by molar-refractivity contribution is 0.668. The minimum absolute atomic E-state index is 0.0523. The van der Waals surface area contributed by atoms with Crippen LogP contribution in [-0.2, 0) is 13.1 Å². The smallest absolute Gasteiger partial charge is 0.300 e. The van der Waals surface area contributed by atoms with Crippen LogP contribution in [0, 0.1) is 0 Å². The lowest BCUT2D eigenvalue weighted by atomic mass is 10.2. The van der Waals surface area contributed by atoms with Gasteiger partial charge < -0.3 is 0 Å². The summed E-state index contributed by atoms with van der Waals surface area (Å²) in [5.74, 6) is 0. The van der Waals surface area contributed by atoms with Crippen LogP contribution in [0.15, 0.2) is 35.4 Å². The standard InChI is InChI=1S/C12H12Cl2N2O/c1-2-15-6-7-16(12(15)17)8-9-10(13)4-3-5-11(9)14/h3-7H,2,8H2,1H3. The van der Waals surface area contributed by atoms with Gasteiger partial charge in [-0.2, -0.15) is 0 Å². The van der Waals surface area contributed by atoms with Crippen LogP contribution in [0.2, 0.25) is 10.0 Å². The Morgan fingerprint density at radius 1 is 1.12 bits per heavy atom. The Morgan fingerprint density at radius 3 is 2.24 bits per heavy atom. The Hall–Kier alpha value is -1.19. The molecule has 0 radical (unpaired) electrons. The van der Waals surface area contributed by atoms with Gasteiger partial charge in [0.2, 0.25) is 0 Å². The van der Waals surface area contributed by atoms with Crippen molar-refractivity contribution < 1.29 is 0 Å². The summed E-state index contributed by atoms with van der Waals surface area (Å²) in [4.78, 5) is 11.9. The van der Waals surface area contributed by atoms with Gasteiger partial charge in [0.25, 0.3) is 0 Å². The third-order valence-corrected chi connectivity index (χ3v) is 3.36. The van der Waals surface area contributed by atoms with Crippen molar-refractivity contribution in [2.24, 2.45) is 0 Å². The zero-order valence-electron chi connectivity index (χ0n) is 9.36. The van der Waals surface area contributed by atoms with Gasteiger partial charge >= 0.3 is 5.69 Å². The molecular weight excluding hydrogens is 259 g/mol. The molecule has 0 spiro atoms. The van der Waals surface area contributed by atoms with E-state index >= 15 is 0 Å². The van der Waals surface area contributed by atoms with Crippen LogP contribution in [0.3, 0.4) is 0 Å². The second-order valence-electron chi connectivity index (χ2n) is 3.69. The molecule has 0 fully saturated rings. The van der Waals surface area contributed by atoms with E-state index < -0.39 is 0 Å². The summed E-state index contributed by atoms with van der Waals surface area (Å²) in [6.07, 6.45) is 3.50. The quantitative estimate of drug-likeness (QED) is 0.843. The van der Waals surface area contributed by atoms with E-state index in [0.29, 0.717) is 23.1 Å². The summed E-state index contributed by atoms with van der Waals surface area (Å²) >= 11 is 12.1. The fourth-order valence-electron chi connectivity index (χ4n) is 1.67. The van der Waals surface area contributed by atoms with Crippen molar-refractivity contribution in [3.63, 3.8) is 0 Å². The van der Waals surface area contributed by atoms with E-state index in [0.717, 1.165) is 5.56 Å². The zero-order valence-corrected chi connectivity index (χ0v) is 10.9. The number of halogens is 2. The zero-order chi connectivity index (χ0) is 12.4. The van der Waals surface area contributed by atoms with Crippen LogP contribution in [0.4, 0.5) is 0 Å². The summed E-state index contributed by atoms with van der Waals surface area (Å²) < 4.78 is 3.22. The SMILES string of the molecule is CCn1ccn(Cc2c(Cl)cccc2Cl)c1=O. The molecule has 0 unspecified atom stereocenters. The van der Waals surface area contributed by atoms with Crippen molar-refractivity contribution in [3.05, 3.63) is 56.7 Å². The molecule has 2 rings (SSSR count). The molecule has 0 saturated heterocycles. The summed E-state index contributed by atoms with van der Waals surface area (Å²) in [5, 5.41) is 1.15. The third-order valence-electron chi connectivity index (χ3n) is 2.65. The van der Waals surface area contributed by atoms with Gasteiger partial charge in [0.15, 0.2) is 0 Å². The molecule has 0 bridgehead atoms. The molecule has 1 aromatic heterocycles. The van der Waals surface area contributed by atoms with Crippen LogP contribution in [0.25, 0.3) is 0 Å². The Bertz CT molecular complexity index is 566. The van der Waals surface area contributed by atoms with E-state index in [9.17, 15) is 4.79 Å². The topological polar surface area (TPSA) is 26.9 Å². The van der Waals surface area contributed by atoms with E-state index in [1.54, 1.807) is 39.7 Å². The largest absolute Gasteiger partial charge is 0.328 e. The first kappa shape index (κ1) is 12.3. The molecule has 0 aliphatic carbocycles. The molecule has 0 amide bonds. The molecule has 2 aromatic rings. The predicted octanol–water partition coefficient (Wildman–Crippen LogP) is 3.02. The Balaban J connectivity index is 2.38. The van der Waals surface area contributed by atoms with Gasteiger partial charge in [0.05, 0.1) is 6.54 Å². The first-order chi connectivity index (χ1) is 8.13. The number of aryl methyl sites for hydroxylation is 1. The molecule has 0 aliphatic heterocycles. The second kappa shape index (κ2) is 4.98. The van der Waals surface area contributed by atoms with Crippen molar-refractivity contribution in [2.75, 3.05) is 0 Å². The number of nitrogens with zero attached hydrogens (tertiary/aromatic N) is 2. The van der Waals surface area contributed by atoms with Gasteiger partial charge in [0, 0.05) is 34.5 Å². The molecule has 1 heterocycles. The van der Waals surface area contributed by atoms with Gasteiger partial charge in [-0.3, -0.25) is 9.13 Å². The van der Waals surface area contributed by atoms with Crippen LogP contribution < -0.4 is 5.69 Å². The summed E-state index contributed by atoms with van der Waals surface area (Å²) in [6.45, 7) is 2.97. The summed E-state index contributed by atoms with van der Waals surface area (Å²) in [5.41, 5.74) is 0.718. The van der Waals surface area contributed by atoms with Crippen LogP contribution in [0.1, 0.15) is 12.5 Å². The maximum atomic E-state index is 11.9. The van der Waals surface area contributed by atoms with Crippen LogP contribution in [0.5, 0.6) is 0 Å². The summed E-state index contributed by atoms with van der Waals surface area (Å²) in [6, 6.07) is 5.32. The van der Waals surface area contributed by atoms with Crippen molar-refractivity contribution >= 4 is 23.2 Å². The molecule has 3 nitrogen and oxygen atoms in total. The van der Waals surface area contributed by atoms with E-state index in [1.165, 1.54) is 0 Å². The first-order valence-electron chi connectivity index (χ1n) is 5.32. The Kier molecular flexibility index (Phi) is 3.60. The highest BCUT2D eigenvalue weighted by atomic mass is 35.5. The monoisotopic (exact) mass is 270 g/mol. The van der Waals surface area contributed by atoms with Gasteiger partial charge in [-0.15, -0.1) is 0 Å². The molecule has 1 aromatic carbocycles. The van der Waals surface area contributed by atoms with Crippen LogP contribution in [-0.4, -0.2) is 9.13 Å². The van der Waals surface area contributed by atoms with E-state index in [-0.39, 0.29) is 5.69 Å². The minimum Gasteiger partial charge on any atom is -0.300 e. The normalized spacial score (nSPS) is 10.8. The molecular formula is C12H12Cl2N2O. The number of hydrogen-bond donors (Lipinski definition) is 0. The van der Waals surface area contributed by atoms with Crippen LogP contribution >= 0.6 is 23.2 Å². The van der Waals surface area contributed by atoms with E-state index in [2.05, 4.69) is 0 Å². The highest BCUT2D eigenvalue weighted by Gasteiger charge is 2.08. The van der Waals surface area contributed by atoms with Crippen molar-refractivity contribution in [1.29, 1.82) is 0 Å². The molecule has 17 heavy (non-hydrogen) atoms. The van der Waals surface area contributed by atoms with Crippen molar-refractivity contribution in [3.8, 4) is 0 Å². The average molecular weight is 271 g/mol. The maximum absolute atomic E-state index is 11.9. The number of rotatable bonds is 3. The van der Waals surface area contributed by atoms with Crippen molar-refractivity contribution in [2.45, 2.75) is 20.0 Å². The number of benzene rings is 1. The first-order valence-corrected chi connectivity index (χ1v) is 6.07. The fraction of sp³-hybridized carbons (Fsp3) is 0.250. The molecule has 5 heteroatoms. The highest BCUT2D eigenvalue weighted by molar-refractivity contribution is 6.35. The molecule has 0 saturated carbocycles. The van der Waals surface area contributed by atoms with Gasteiger partial charge in [-0.25, -0.2) is 4.79 Å². The molecule has 0 aliphatic rings. The van der Waals surface area contributed by atoms with E-state index in [4.69, 9.17) is 23.2 Å². The van der Waals surface area contributed by atoms with E-state index in [1.807, 2.05) is 6.92 Å². The Morgan fingerprint density at radius 2 is 1.71 bits per heavy atom. The number of hydrogen-bond acceptors (Lipinski definition) is 1. The number of imidazole rings is 1. The molecule has 90 valence electrons. The maximum Gasteiger partial charge on any atom is 0.328 e. The van der Waals surface area contributed by atoms with Gasteiger partial charge in [0.1, 0.15) is 0 Å². The second-order valence-corrected chi connectivity index (χ2v) is 4.51. The van der Waals surface area contributed by atoms with Crippen molar-refractivity contribution in [1.82, 2.24) is 9.13 Å².